The van der Waals surface area contributed by atoms with Gasteiger partial charge in [0.1, 0.15) is 16.6 Å². The highest BCUT2D eigenvalue weighted by molar-refractivity contribution is 9.10. The quantitative estimate of drug-likeness (QED) is 0.392. The van der Waals surface area contributed by atoms with Crippen LogP contribution in [0.4, 0.5) is 0 Å². The van der Waals surface area contributed by atoms with Crippen LogP contribution < -0.4 is 5.36 Å². The zero-order chi connectivity index (χ0) is 15.8. The van der Waals surface area contributed by atoms with Crippen LogP contribution in [0.2, 0.25) is 0 Å². The summed E-state index contributed by atoms with van der Waals surface area (Å²) in [6, 6.07) is 17.0. The number of rotatable bonds is 1. The predicted octanol–water partition coefficient (Wildman–Crippen LogP) is 4.70. The normalized spacial score (nSPS) is 12.1. The van der Waals surface area contributed by atoms with E-state index in [0.29, 0.717) is 22.4 Å². The van der Waals surface area contributed by atoms with Crippen LogP contribution in [0.3, 0.4) is 0 Å². The van der Waals surface area contributed by atoms with E-state index in [-0.39, 0.29) is 0 Å². The van der Waals surface area contributed by atoms with Crippen molar-refractivity contribution in [1.29, 1.82) is 0 Å². The number of benzene rings is 2. The Morgan fingerprint density at radius 3 is 2.74 bits per heavy atom. The number of nitrogens with zero attached hydrogens (tertiary/aromatic N) is 2. The first-order chi connectivity index (χ1) is 11.3. The number of halogens is 1. The maximum Gasteiger partial charge on any atom is 0.155 e. The van der Waals surface area contributed by atoms with E-state index in [0.717, 1.165) is 20.6 Å². The Balaban J connectivity index is 2.01. The van der Waals surface area contributed by atoms with Crippen LogP contribution in [0.25, 0.3) is 33.2 Å². The molecule has 0 saturated heterocycles. The molecule has 0 amide bonds. The predicted molar refractivity (Wildman–Crippen MR) is 92.0 cm³/mol. The number of hydrogen-bond acceptors (Lipinski definition) is 4. The molecule has 0 aliphatic rings. The van der Waals surface area contributed by atoms with Crippen molar-refractivity contribution in [3.63, 3.8) is 0 Å². The summed E-state index contributed by atoms with van der Waals surface area (Å²) in [5.41, 5.74) is 1.33. The van der Waals surface area contributed by atoms with Crippen molar-refractivity contribution < 1.29 is 9.62 Å². The van der Waals surface area contributed by atoms with E-state index in [2.05, 4.69) is 26.1 Å². The molecule has 0 radical (unpaired) electrons. The Labute approximate surface area is 139 Å². The summed E-state index contributed by atoms with van der Waals surface area (Å²) in [6.45, 7) is 0. The maximum atomic E-state index is 9.28. The lowest BCUT2D eigenvalue weighted by atomic mass is 10.1. The van der Waals surface area contributed by atoms with Gasteiger partial charge in [-0.15, -0.1) is 0 Å². The van der Waals surface area contributed by atoms with Gasteiger partial charge in [0.2, 0.25) is 0 Å². The highest BCUT2D eigenvalue weighted by atomic mass is 79.9. The molecule has 4 nitrogen and oxygen atoms in total. The molecule has 0 aliphatic heterocycles. The first kappa shape index (κ1) is 14.0. The van der Waals surface area contributed by atoms with Crippen molar-refractivity contribution >= 4 is 37.7 Å². The van der Waals surface area contributed by atoms with Gasteiger partial charge < -0.3 is 9.62 Å². The smallest absolute Gasteiger partial charge is 0.155 e. The first-order valence-corrected chi connectivity index (χ1v) is 7.81. The zero-order valence-corrected chi connectivity index (χ0v) is 13.5. The average Bonchev–Trinajstić information content (AvgIpc) is 2.61. The summed E-state index contributed by atoms with van der Waals surface area (Å²) in [7, 11) is 0. The Kier molecular flexibility index (Phi) is 3.35. The van der Waals surface area contributed by atoms with Gasteiger partial charge in [0.25, 0.3) is 0 Å². The van der Waals surface area contributed by atoms with Gasteiger partial charge in [-0.3, -0.25) is 4.98 Å². The maximum absolute atomic E-state index is 9.28. The molecule has 0 bridgehead atoms. The van der Waals surface area contributed by atoms with Crippen LogP contribution in [0.5, 0.6) is 0 Å². The summed E-state index contributed by atoms with van der Waals surface area (Å²) in [4.78, 5) is 4.46. The molecule has 0 unspecified atom stereocenters. The molecule has 23 heavy (non-hydrogen) atoms. The van der Waals surface area contributed by atoms with E-state index < -0.39 is 0 Å². The fraction of sp³-hybridized carbons (Fsp3) is 0. The highest BCUT2D eigenvalue weighted by Gasteiger charge is 2.09. The SMILES string of the molecule is O/N=c1\cc(-c2cc3c(Br)cccc3cn2)oc2ccccc12. The molecule has 0 fully saturated rings. The Morgan fingerprint density at radius 1 is 1.00 bits per heavy atom. The summed E-state index contributed by atoms with van der Waals surface area (Å²) < 4.78 is 6.92. The van der Waals surface area contributed by atoms with Crippen molar-refractivity contribution in [3.05, 3.63) is 70.6 Å². The third-order valence-corrected chi connectivity index (χ3v) is 4.41. The lowest BCUT2D eigenvalue weighted by molar-refractivity contribution is 0.302. The van der Waals surface area contributed by atoms with Crippen LogP contribution in [0, 0.1) is 0 Å². The van der Waals surface area contributed by atoms with Gasteiger partial charge in [-0.25, -0.2) is 0 Å². The summed E-state index contributed by atoms with van der Waals surface area (Å²) in [6.07, 6.45) is 1.80. The molecule has 0 saturated carbocycles. The van der Waals surface area contributed by atoms with Gasteiger partial charge in [0, 0.05) is 27.5 Å². The summed E-state index contributed by atoms with van der Waals surface area (Å²) in [5, 5.41) is 15.9. The lowest BCUT2D eigenvalue weighted by Crippen LogP contribution is -2.03. The van der Waals surface area contributed by atoms with Crippen molar-refractivity contribution in [1.82, 2.24) is 4.98 Å². The van der Waals surface area contributed by atoms with Crippen molar-refractivity contribution in [2.45, 2.75) is 0 Å². The Bertz CT molecular complexity index is 1100. The molecule has 1 N–H and O–H groups in total. The molecular formula is C18H11BrN2O2. The first-order valence-electron chi connectivity index (χ1n) is 7.02. The van der Waals surface area contributed by atoms with Crippen LogP contribution in [-0.2, 0) is 0 Å². The fourth-order valence-corrected chi connectivity index (χ4v) is 3.09. The Morgan fingerprint density at radius 2 is 1.87 bits per heavy atom. The average molecular weight is 367 g/mol. The van der Waals surface area contributed by atoms with Crippen LogP contribution in [0.1, 0.15) is 0 Å². The van der Waals surface area contributed by atoms with E-state index in [1.54, 1.807) is 12.3 Å². The second-order valence-corrected chi connectivity index (χ2v) is 5.98. The molecule has 2 aromatic heterocycles. The van der Waals surface area contributed by atoms with E-state index in [4.69, 9.17) is 4.42 Å². The fourth-order valence-electron chi connectivity index (χ4n) is 2.59. The number of fused-ring (bicyclic) bond motifs is 2. The van der Waals surface area contributed by atoms with Crippen molar-refractivity contribution in [3.8, 4) is 11.5 Å². The molecule has 112 valence electrons. The monoisotopic (exact) mass is 366 g/mol. The van der Waals surface area contributed by atoms with Gasteiger partial charge >= 0.3 is 0 Å². The molecule has 0 aliphatic carbocycles. The third kappa shape index (κ3) is 2.39. The topological polar surface area (TPSA) is 58.6 Å². The molecule has 0 spiro atoms. The second-order valence-electron chi connectivity index (χ2n) is 5.12. The lowest BCUT2D eigenvalue weighted by Gasteiger charge is -2.06. The van der Waals surface area contributed by atoms with Crippen molar-refractivity contribution in [2.24, 2.45) is 5.16 Å². The second kappa shape index (κ2) is 5.52. The number of para-hydroxylation sites is 1. The van der Waals surface area contributed by atoms with Gasteiger partial charge in [-0.2, -0.15) is 0 Å². The van der Waals surface area contributed by atoms with Gasteiger partial charge in [0.15, 0.2) is 5.76 Å². The van der Waals surface area contributed by atoms with Gasteiger partial charge in [-0.05, 0) is 29.7 Å². The standard InChI is InChI=1S/C18H11BrN2O2/c19-14-6-3-4-11-10-20-16(8-13(11)14)18-9-15(21-22)12-5-1-2-7-17(12)23-18/h1-10,22H/b21-15+. The molecule has 5 heteroatoms. The van der Waals surface area contributed by atoms with Crippen LogP contribution in [-0.4, -0.2) is 10.2 Å². The molecular weight excluding hydrogens is 356 g/mol. The number of pyridine rings is 1. The summed E-state index contributed by atoms with van der Waals surface area (Å²) >= 11 is 3.55. The van der Waals surface area contributed by atoms with Crippen molar-refractivity contribution in [2.75, 3.05) is 0 Å². The molecule has 4 rings (SSSR count). The summed E-state index contributed by atoms with van der Waals surface area (Å²) in [5.74, 6) is 0.550. The van der Waals surface area contributed by atoms with E-state index >= 15 is 0 Å². The van der Waals surface area contributed by atoms with Gasteiger partial charge in [-0.1, -0.05) is 45.4 Å². The number of aromatic nitrogens is 1. The highest BCUT2D eigenvalue weighted by Crippen LogP contribution is 2.28. The largest absolute Gasteiger partial charge is 0.454 e. The molecule has 2 aromatic carbocycles. The van der Waals surface area contributed by atoms with Crippen LogP contribution in [0.15, 0.2) is 74.8 Å². The third-order valence-electron chi connectivity index (χ3n) is 3.72. The number of hydrogen-bond donors (Lipinski definition) is 1. The minimum atomic E-state index is 0.455. The van der Waals surface area contributed by atoms with E-state index in [9.17, 15) is 5.21 Å². The van der Waals surface area contributed by atoms with E-state index in [1.165, 1.54) is 0 Å². The molecule has 2 heterocycles. The molecule has 0 atom stereocenters. The zero-order valence-electron chi connectivity index (χ0n) is 11.9. The minimum absolute atomic E-state index is 0.455. The van der Waals surface area contributed by atoms with Crippen LogP contribution >= 0.6 is 15.9 Å². The Hall–Kier alpha value is -2.66. The van der Waals surface area contributed by atoms with E-state index in [1.807, 2.05) is 48.5 Å². The molecule has 4 aromatic rings. The minimum Gasteiger partial charge on any atom is -0.454 e. The van der Waals surface area contributed by atoms with Gasteiger partial charge in [0.05, 0.1) is 0 Å².